The molecule has 0 N–H and O–H groups in total. The van der Waals surface area contributed by atoms with Gasteiger partial charge in [0.15, 0.2) is 0 Å². The molecule has 1 aromatic rings. The van der Waals surface area contributed by atoms with E-state index in [4.69, 9.17) is 0 Å². The molecular weight excluding hydrogens is 212 g/mol. The zero-order valence-corrected chi connectivity index (χ0v) is 9.40. The monoisotopic (exact) mass is 227 g/mol. The third-order valence-electron chi connectivity index (χ3n) is 2.77. The molecule has 1 fully saturated rings. The van der Waals surface area contributed by atoms with E-state index in [2.05, 4.69) is 9.97 Å². The van der Waals surface area contributed by atoms with E-state index < -0.39 is 12.3 Å². The van der Waals surface area contributed by atoms with Gasteiger partial charge in [0.25, 0.3) is 0 Å². The Morgan fingerprint density at radius 2 is 2.06 bits per heavy atom. The smallest absolute Gasteiger partial charge is 0.244 e. The lowest BCUT2D eigenvalue weighted by molar-refractivity contribution is 0.0611. The first-order valence-electron chi connectivity index (χ1n) is 5.44. The lowest BCUT2D eigenvalue weighted by atomic mass is 10.0. The van der Waals surface area contributed by atoms with Crippen LogP contribution in [-0.2, 0) is 0 Å². The molecule has 0 radical (unpaired) electrons. The lowest BCUT2D eigenvalue weighted by Crippen LogP contribution is -2.50. The van der Waals surface area contributed by atoms with Gasteiger partial charge in [0, 0.05) is 25.2 Å². The van der Waals surface area contributed by atoms with Gasteiger partial charge in [-0.2, -0.15) is 0 Å². The first kappa shape index (κ1) is 11.2. The number of rotatable bonds is 3. The first-order valence-corrected chi connectivity index (χ1v) is 5.44. The summed E-state index contributed by atoms with van der Waals surface area (Å²) >= 11 is 0. The van der Waals surface area contributed by atoms with Gasteiger partial charge in [0.05, 0.1) is 5.92 Å². The molecule has 0 amide bonds. The lowest BCUT2D eigenvalue weighted by Gasteiger charge is -2.39. The zero-order chi connectivity index (χ0) is 11.7. The first-order chi connectivity index (χ1) is 7.58. The van der Waals surface area contributed by atoms with Crippen LogP contribution in [0.3, 0.4) is 0 Å². The molecule has 88 valence electrons. The van der Waals surface area contributed by atoms with Crippen LogP contribution in [0.4, 0.5) is 14.6 Å². The van der Waals surface area contributed by atoms with Crippen molar-refractivity contribution in [3.05, 3.63) is 18.1 Å². The zero-order valence-electron chi connectivity index (χ0n) is 9.40. The maximum Gasteiger partial charge on any atom is 0.244 e. The van der Waals surface area contributed by atoms with Crippen molar-refractivity contribution in [3.63, 3.8) is 0 Å². The molecule has 0 bridgehead atoms. The van der Waals surface area contributed by atoms with Crippen molar-refractivity contribution in [2.24, 2.45) is 5.92 Å². The van der Waals surface area contributed by atoms with Gasteiger partial charge >= 0.3 is 0 Å². The summed E-state index contributed by atoms with van der Waals surface area (Å²) < 4.78 is 24.6. The number of alkyl halides is 2. The van der Waals surface area contributed by atoms with E-state index in [1.54, 1.807) is 12.3 Å². The summed E-state index contributed by atoms with van der Waals surface area (Å²) in [4.78, 5) is 10.4. The molecule has 16 heavy (non-hydrogen) atoms. The molecule has 0 unspecified atom stereocenters. The number of anilines is 1. The highest BCUT2D eigenvalue weighted by molar-refractivity contribution is 5.41. The molecule has 2 heterocycles. The summed E-state index contributed by atoms with van der Waals surface area (Å²) in [6.45, 7) is 4.81. The molecule has 3 nitrogen and oxygen atoms in total. The normalized spacial score (nSPS) is 17.0. The number of hydrogen-bond donors (Lipinski definition) is 0. The Kier molecular flexibility index (Phi) is 3.03. The van der Waals surface area contributed by atoms with E-state index in [-0.39, 0.29) is 5.92 Å². The van der Waals surface area contributed by atoms with Crippen LogP contribution < -0.4 is 4.90 Å². The Morgan fingerprint density at radius 3 is 2.62 bits per heavy atom. The fraction of sp³-hybridized carbons (Fsp3) is 0.636. The minimum atomic E-state index is -2.22. The summed E-state index contributed by atoms with van der Waals surface area (Å²) in [6.07, 6.45) is -0.532. The Morgan fingerprint density at radius 1 is 1.38 bits per heavy atom. The molecule has 0 aromatic carbocycles. The van der Waals surface area contributed by atoms with E-state index in [9.17, 15) is 8.78 Å². The van der Waals surface area contributed by atoms with Crippen molar-refractivity contribution in [1.82, 2.24) is 9.97 Å². The topological polar surface area (TPSA) is 29.0 Å². The fourth-order valence-electron chi connectivity index (χ4n) is 1.68. The van der Waals surface area contributed by atoms with Gasteiger partial charge in [0.1, 0.15) is 11.6 Å². The largest absolute Gasteiger partial charge is 0.355 e. The highest BCUT2D eigenvalue weighted by Gasteiger charge is 2.34. The van der Waals surface area contributed by atoms with Crippen molar-refractivity contribution in [3.8, 4) is 0 Å². The van der Waals surface area contributed by atoms with Crippen LogP contribution >= 0.6 is 0 Å². The summed E-state index contributed by atoms with van der Waals surface area (Å²) in [5, 5.41) is 0. The summed E-state index contributed by atoms with van der Waals surface area (Å²) in [5.74, 6) is 1.28. The molecule has 1 aliphatic heterocycles. The van der Waals surface area contributed by atoms with Crippen molar-refractivity contribution in [2.45, 2.75) is 26.2 Å². The molecule has 1 aliphatic rings. The Hall–Kier alpha value is -1.26. The average molecular weight is 227 g/mol. The molecule has 1 saturated heterocycles. The highest BCUT2D eigenvalue weighted by Crippen LogP contribution is 2.27. The van der Waals surface area contributed by atoms with E-state index in [1.807, 2.05) is 18.7 Å². The molecule has 1 aromatic heterocycles. The van der Waals surface area contributed by atoms with Crippen molar-refractivity contribution < 1.29 is 8.78 Å². The minimum absolute atomic E-state index is 0.257. The number of aromatic nitrogens is 2. The molecule has 0 atom stereocenters. The van der Waals surface area contributed by atoms with E-state index in [0.29, 0.717) is 13.1 Å². The number of halogens is 2. The van der Waals surface area contributed by atoms with Crippen LogP contribution in [0.2, 0.25) is 0 Å². The molecule has 5 heteroatoms. The minimum Gasteiger partial charge on any atom is -0.355 e. The van der Waals surface area contributed by atoms with Crippen LogP contribution in [0.15, 0.2) is 12.3 Å². The van der Waals surface area contributed by atoms with Gasteiger partial charge < -0.3 is 4.90 Å². The molecule has 0 aliphatic carbocycles. The van der Waals surface area contributed by atoms with E-state index in [0.717, 1.165) is 11.6 Å². The van der Waals surface area contributed by atoms with Crippen molar-refractivity contribution in [2.75, 3.05) is 18.0 Å². The fourth-order valence-corrected chi connectivity index (χ4v) is 1.68. The van der Waals surface area contributed by atoms with Gasteiger partial charge in [-0.15, -0.1) is 0 Å². The Labute approximate surface area is 93.5 Å². The predicted octanol–water partition coefficient (Wildman–Crippen LogP) is 2.30. The van der Waals surface area contributed by atoms with Crippen LogP contribution in [0.1, 0.15) is 25.6 Å². The maximum absolute atomic E-state index is 12.3. The summed E-state index contributed by atoms with van der Waals surface area (Å²) in [6, 6.07) is 1.77. The van der Waals surface area contributed by atoms with E-state index >= 15 is 0 Å². The second-order valence-corrected chi connectivity index (χ2v) is 4.43. The molecule has 0 spiro atoms. The number of hydrogen-bond acceptors (Lipinski definition) is 3. The second-order valence-electron chi connectivity index (χ2n) is 4.43. The van der Waals surface area contributed by atoms with Gasteiger partial charge in [-0.1, -0.05) is 13.8 Å². The van der Waals surface area contributed by atoms with Crippen LogP contribution in [0.5, 0.6) is 0 Å². The van der Waals surface area contributed by atoms with Gasteiger partial charge in [-0.05, 0) is 6.07 Å². The Balaban J connectivity index is 2.03. The Bertz CT molecular complexity index is 362. The predicted molar refractivity (Wildman–Crippen MR) is 57.8 cm³/mol. The van der Waals surface area contributed by atoms with Gasteiger partial charge in [-0.3, -0.25) is 0 Å². The van der Waals surface area contributed by atoms with Crippen LogP contribution in [0.25, 0.3) is 0 Å². The second kappa shape index (κ2) is 4.31. The van der Waals surface area contributed by atoms with Crippen molar-refractivity contribution in [1.29, 1.82) is 0 Å². The van der Waals surface area contributed by atoms with Gasteiger partial charge in [-0.25, -0.2) is 18.7 Å². The summed E-state index contributed by atoms with van der Waals surface area (Å²) in [7, 11) is 0. The van der Waals surface area contributed by atoms with Crippen molar-refractivity contribution >= 4 is 5.82 Å². The average Bonchev–Trinajstić information content (AvgIpc) is 2.15. The third kappa shape index (κ3) is 2.13. The molecule has 2 rings (SSSR count). The quantitative estimate of drug-likeness (QED) is 0.793. The van der Waals surface area contributed by atoms with E-state index in [1.165, 1.54) is 0 Å². The number of nitrogens with zero attached hydrogens (tertiary/aromatic N) is 3. The van der Waals surface area contributed by atoms with Crippen LogP contribution in [-0.4, -0.2) is 29.5 Å². The molecular formula is C11H15F2N3. The SMILES string of the molecule is CC(C)c1nccc(N2CC(C(F)F)C2)n1. The standard InChI is InChI=1S/C11H15F2N3/c1-7(2)11-14-4-3-9(15-11)16-5-8(6-16)10(12)13/h3-4,7-8,10H,5-6H2,1-2H3. The van der Waals surface area contributed by atoms with Crippen LogP contribution in [0, 0.1) is 5.92 Å². The van der Waals surface area contributed by atoms with Gasteiger partial charge in [0.2, 0.25) is 6.43 Å². The highest BCUT2D eigenvalue weighted by atomic mass is 19.3. The summed E-state index contributed by atoms with van der Waals surface area (Å²) in [5.41, 5.74) is 0. The molecule has 0 saturated carbocycles. The maximum atomic E-state index is 12.3. The third-order valence-corrected chi connectivity index (χ3v) is 2.77.